The summed E-state index contributed by atoms with van der Waals surface area (Å²) in [6.07, 6.45) is 0. The van der Waals surface area contributed by atoms with Crippen LogP contribution in [0.4, 0.5) is 0 Å². The number of hydrogen-bond donors (Lipinski definition) is 4. The highest BCUT2D eigenvalue weighted by Crippen LogP contribution is 2.16. The van der Waals surface area contributed by atoms with E-state index < -0.39 is 11.8 Å². The van der Waals surface area contributed by atoms with Crippen LogP contribution in [-0.4, -0.2) is 11.8 Å². The Balaban J connectivity index is 2.37. The van der Waals surface area contributed by atoms with Gasteiger partial charge in [0, 0.05) is 10.6 Å². The van der Waals surface area contributed by atoms with Crippen molar-refractivity contribution in [3.05, 3.63) is 76.4 Å². The van der Waals surface area contributed by atoms with Crippen molar-refractivity contribution in [3.8, 4) is 0 Å². The van der Waals surface area contributed by atoms with Gasteiger partial charge in [0.15, 0.2) is 0 Å². The molecule has 0 bridgehead atoms. The van der Waals surface area contributed by atoms with Gasteiger partial charge >= 0.3 is 0 Å². The normalized spacial score (nSPS) is 11.4. The van der Waals surface area contributed by atoms with Gasteiger partial charge in [0.1, 0.15) is 5.70 Å². The highest BCUT2D eigenvalue weighted by Gasteiger charge is 2.18. The summed E-state index contributed by atoms with van der Waals surface area (Å²) in [5, 5.41) is 3.02. The fraction of sp³-hybridized carbons (Fsp3) is 0. The van der Waals surface area contributed by atoms with Crippen LogP contribution in [0.1, 0.15) is 15.9 Å². The number of rotatable bonds is 4. The third kappa shape index (κ3) is 4.09. The maximum Gasteiger partial charge on any atom is 0.283 e. The van der Waals surface area contributed by atoms with Crippen LogP contribution in [0.25, 0.3) is 5.70 Å². The number of hydrogen-bond acceptors (Lipinski definition) is 4. The topological polar surface area (TPSA) is 110 Å². The van der Waals surface area contributed by atoms with Crippen LogP contribution in [-0.2, 0) is 4.79 Å². The predicted octanol–water partition coefficient (Wildman–Crippen LogP) is 1.39. The van der Waals surface area contributed by atoms with Gasteiger partial charge in [-0.1, -0.05) is 41.9 Å². The van der Waals surface area contributed by atoms with Gasteiger partial charge in [0.2, 0.25) is 0 Å². The molecule has 2 aromatic carbocycles. The third-order valence-corrected chi connectivity index (χ3v) is 3.31. The number of amides is 2. The Morgan fingerprint density at radius 2 is 1.52 bits per heavy atom. The fourth-order valence-electron chi connectivity index (χ4n) is 1.87. The minimum Gasteiger partial charge on any atom is -0.396 e. The van der Waals surface area contributed by atoms with E-state index >= 15 is 0 Å². The molecule has 6 nitrogen and oxygen atoms in total. The highest BCUT2D eigenvalue weighted by atomic mass is 35.5. The minimum atomic E-state index is -0.707. The largest absolute Gasteiger partial charge is 0.396 e. The maximum absolute atomic E-state index is 12.2. The van der Waals surface area contributed by atoms with E-state index in [1.54, 1.807) is 54.6 Å². The van der Waals surface area contributed by atoms with E-state index in [2.05, 4.69) is 5.32 Å². The van der Waals surface area contributed by atoms with Gasteiger partial charge in [-0.2, -0.15) is 0 Å². The average molecular weight is 331 g/mol. The summed E-state index contributed by atoms with van der Waals surface area (Å²) in [6, 6.07) is 15.0. The number of benzene rings is 2. The molecule has 7 heteroatoms. The van der Waals surface area contributed by atoms with Crippen molar-refractivity contribution in [2.75, 3.05) is 0 Å². The molecule has 0 radical (unpaired) electrons. The van der Waals surface area contributed by atoms with Crippen LogP contribution in [0.2, 0.25) is 5.02 Å². The summed E-state index contributed by atoms with van der Waals surface area (Å²) < 4.78 is 0. The standard InChI is InChI=1S/C16H15ClN4O2/c17-12-8-6-10(7-9-12)13(18)14(16(23)21-19)20-15(22)11-4-2-1-3-5-11/h1-9H,18-19H2,(H,20,22)(H,21,23)/b14-13-. The Hall–Kier alpha value is -2.83. The predicted molar refractivity (Wildman–Crippen MR) is 88.8 cm³/mol. The lowest BCUT2D eigenvalue weighted by Gasteiger charge is -2.12. The van der Waals surface area contributed by atoms with Gasteiger partial charge in [-0.05, 0) is 29.8 Å². The van der Waals surface area contributed by atoms with E-state index in [1.165, 1.54) is 0 Å². The van der Waals surface area contributed by atoms with E-state index in [4.69, 9.17) is 23.2 Å². The summed E-state index contributed by atoms with van der Waals surface area (Å²) in [4.78, 5) is 24.2. The molecule has 0 aliphatic carbocycles. The van der Waals surface area contributed by atoms with Crippen molar-refractivity contribution in [1.29, 1.82) is 0 Å². The van der Waals surface area contributed by atoms with Crippen molar-refractivity contribution in [2.24, 2.45) is 11.6 Å². The van der Waals surface area contributed by atoms with E-state index in [0.29, 0.717) is 16.1 Å². The summed E-state index contributed by atoms with van der Waals surface area (Å²) in [5.41, 5.74) is 8.82. The van der Waals surface area contributed by atoms with Gasteiger partial charge in [0.05, 0.1) is 5.70 Å². The molecule has 0 aliphatic rings. The summed E-state index contributed by atoms with van der Waals surface area (Å²) >= 11 is 5.82. The van der Waals surface area contributed by atoms with Crippen molar-refractivity contribution in [1.82, 2.24) is 10.7 Å². The van der Waals surface area contributed by atoms with Crippen molar-refractivity contribution < 1.29 is 9.59 Å². The molecule has 2 amide bonds. The monoisotopic (exact) mass is 330 g/mol. The summed E-state index contributed by atoms with van der Waals surface area (Å²) in [7, 11) is 0. The summed E-state index contributed by atoms with van der Waals surface area (Å²) in [6.45, 7) is 0. The van der Waals surface area contributed by atoms with Crippen LogP contribution in [0.5, 0.6) is 0 Å². The number of hydrazine groups is 1. The second-order valence-electron chi connectivity index (χ2n) is 4.59. The zero-order valence-electron chi connectivity index (χ0n) is 12.0. The molecule has 0 aromatic heterocycles. The molecule has 0 spiro atoms. The summed E-state index contributed by atoms with van der Waals surface area (Å²) in [5.74, 6) is 3.99. The molecular formula is C16H15ClN4O2. The molecule has 6 N–H and O–H groups in total. The average Bonchev–Trinajstić information content (AvgIpc) is 2.59. The van der Waals surface area contributed by atoms with E-state index in [9.17, 15) is 9.59 Å². The molecular weight excluding hydrogens is 316 g/mol. The maximum atomic E-state index is 12.2. The van der Waals surface area contributed by atoms with Crippen LogP contribution >= 0.6 is 11.6 Å². The first-order valence-electron chi connectivity index (χ1n) is 6.66. The molecule has 0 saturated heterocycles. The lowest BCUT2D eigenvalue weighted by atomic mass is 10.1. The van der Waals surface area contributed by atoms with Crippen LogP contribution in [0, 0.1) is 0 Å². The Morgan fingerprint density at radius 3 is 2.09 bits per heavy atom. The number of nitrogens with one attached hydrogen (secondary N) is 2. The second-order valence-corrected chi connectivity index (χ2v) is 5.03. The number of nitrogens with two attached hydrogens (primary N) is 2. The Morgan fingerprint density at radius 1 is 0.913 bits per heavy atom. The Kier molecular flexibility index (Phi) is 5.35. The first-order valence-corrected chi connectivity index (χ1v) is 7.03. The molecule has 0 unspecified atom stereocenters. The van der Waals surface area contributed by atoms with Crippen LogP contribution < -0.4 is 22.3 Å². The molecule has 0 fully saturated rings. The number of halogens is 1. The molecule has 2 aromatic rings. The highest BCUT2D eigenvalue weighted by molar-refractivity contribution is 6.30. The van der Waals surface area contributed by atoms with Gasteiger partial charge in [-0.3, -0.25) is 15.0 Å². The van der Waals surface area contributed by atoms with Gasteiger partial charge in [-0.15, -0.1) is 0 Å². The van der Waals surface area contributed by atoms with Gasteiger partial charge in [-0.25, -0.2) is 5.84 Å². The molecule has 118 valence electrons. The van der Waals surface area contributed by atoms with E-state index in [1.807, 2.05) is 5.43 Å². The zero-order chi connectivity index (χ0) is 16.8. The number of carbonyl (C=O) groups is 2. The zero-order valence-corrected chi connectivity index (χ0v) is 12.8. The van der Waals surface area contributed by atoms with Crippen LogP contribution in [0.3, 0.4) is 0 Å². The minimum absolute atomic E-state index is 0.0777. The SMILES string of the molecule is NNC(=O)/C(NC(=O)c1ccccc1)=C(/N)c1ccc(Cl)cc1. The lowest BCUT2D eigenvalue weighted by molar-refractivity contribution is -0.117. The quantitative estimate of drug-likeness (QED) is 0.294. The van der Waals surface area contributed by atoms with Crippen molar-refractivity contribution >= 4 is 29.1 Å². The molecule has 2 rings (SSSR count). The fourth-order valence-corrected chi connectivity index (χ4v) is 1.99. The van der Waals surface area contributed by atoms with E-state index in [-0.39, 0.29) is 11.4 Å². The first kappa shape index (κ1) is 16.5. The Labute approximate surface area is 138 Å². The van der Waals surface area contributed by atoms with Gasteiger partial charge < -0.3 is 11.1 Å². The van der Waals surface area contributed by atoms with Crippen molar-refractivity contribution in [3.63, 3.8) is 0 Å². The molecule has 23 heavy (non-hydrogen) atoms. The van der Waals surface area contributed by atoms with E-state index in [0.717, 1.165) is 0 Å². The van der Waals surface area contributed by atoms with Crippen LogP contribution in [0.15, 0.2) is 60.3 Å². The Bertz CT molecular complexity index is 742. The van der Waals surface area contributed by atoms with Gasteiger partial charge in [0.25, 0.3) is 11.8 Å². The molecule has 0 saturated carbocycles. The second kappa shape index (κ2) is 7.44. The van der Waals surface area contributed by atoms with Crippen molar-refractivity contribution in [2.45, 2.75) is 0 Å². The molecule has 0 heterocycles. The third-order valence-electron chi connectivity index (χ3n) is 3.06. The number of carbonyl (C=O) groups excluding carboxylic acids is 2. The smallest absolute Gasteiger partial charge is 0.283 e. The molecule has 0 aliphatic heterocycles. The first-order chi connectivity index (χ1) is 11.0. The lowest BCUT2D eigenvalue weighted by Crippen LogP contribution is -2.40. The molecule has 0 atom stereocenters.